The lowest BCUT2D eigenvalue weighted by atomic mass is 9.89. The third-order valence-electron chi connectivity index (χ3n) is 7.86. The van der Waals surface area contributed by atoms with Crippen LogP contribution in [0, 0.1) is 11.8 Å². The highest BCUT2D eigenvalue weighted by molar-refractivity contribution is 7.92. The third-order valence-corrected chi connectivity index (χ3v) is 10.2. The molecule has 0 spiro atoms. The van der Waals surface area contributed by atoms with Crippen LogP contribution in [0.25, 0.3) is 0 Å². The highest BCUT2D eigenvalue weighted by atomic mass is 32.2. The van der Waals surface area contributed by atoms with Crippen LogP contribution in [0.4, 0.5) is 13.2 Å². The number of sulfone groups is 1. The second-order valence-corrected chi connectivity index (χ2v) is 13.4. The Morgan fingerprint density at radius 2 is 1.79 bits per heavy atom. The number of fused-ring (bicyclic) bond motifs is 1. The lowest BCUT2D eigenvalue weighted by Crippen LogP contribution is -2.34. The number of amides is 1. The average molecular weight is 552 g/mol. The van der Waals surface area contributed by atoms with E-state index in [-0.39, 0.29) is 34.8 Å². The molecule has 0 radical (unpaired) electrons. The van der Waals surface area contributed by atoms with Crippen molar-refractivity contribution in [2.75, 3.05) is 12.3 Å². The van der Waals surface area contributed by atoms with Gasteiger partial charge in [0.25, 0.3) is 5.91 Å². The van der Waals surface area contributed by atoms with Gasteiger partial charge in [-0.15, -0.1) is 0 Å². The molecule has 10 heteroatoms. The van der Waals surface area contributed by atoms with E-state index >= 15 is 0 Å². The zero-order valence-corrected chi connectivity index (χ0v) is 22.9. The predicted octanol–water partition coefficient (Wildman–Crippen LogP) is 5.54. The first-order valence-electron chi connectivity index (χ1n) is 13.3. The molecule has 1 aromatic carbocycles. The maximum absolute atomic E-state index is 12.9. The van der Waals surface area contributed by atoms with E-state index in [2.05, 4.69) is 29.0 Å². The van der Waals surface area contributed by atoms with Crippen LogP contribution in [0.15, 0.2) is 36.5 Å². The van der Waals surface area contributed by atoms with E-state index in [0.29, 0.717) is 38.0 Å². The van der Waals surface area contributed by atoms with Gasteiger partial charge in [-0.25, -0.2) is 8.42 Å². The van der Waals surface area contributed by atoms with Crippen LogP contribution < -0.4 is 5.32 Å². The Labute approximate surface area is 222 Å². The minimum Gasteiger partial charge on any atom is -0.352 e. The smallest absolute Gasteiger partial charge is 0.352 e. The van der Waals surface area contributed by atoms with Crippen LogP contribution in [0.2, 0.25) is 0 Å². The predicted molar refractivity (Wildman–Crippen MR) is 140 cm³/mol. The second kappa shape index (κ2) is 11.3. The fourth-order valence-electron chi connectivity index (χ4n) is 5.72. The van der Waals surface area contributed by atoms with Crippen LogP contribution in [0.3, 0.4) is 0 Å². The summed E-state index contributed by atoms with van der Waals surface area (Å²) >= 11 is 0. The summed E-state index contributed by atoms with van der Waals surface area (Å²) in [6.07, 6.45) is 0.0723. The molecule has 0 bridgehead atoms. The molecule has 1 aliphatic heterocycles. The molecule has 1 N–H and O–H groups in total. The Bertz CT molecular complexity index is 1240. The molecule has 1 aromatic heterocycles. The molecule has 1 saturated carbocycles. The zero-order chi connectivity index (χ0) is 27.7. The number of benzene rings is 1. The molecule has 1 atom stereocenters. The van der Waals surface area contributed by atoms with Crippen molar-refractivity contribution in [1.29, 1.82) is 0 Å². The van der Waals surface area contributed by atoms with Gasteiger partial charge < -0.3 is 5.32 Å². The summed E-state index contributed by atoms with van der Waals surface area (Å²) < 4.78 is 63.0. The minimum atomic E-state index is -4.36. The topological polar surface area (TPSA) is 79.4 Å². The number of hydrogen-bond acceptors (Lipinski definition) is 5. The second-order valence-electron chi connectivity index (χ2n) is 10.9. The van der Waals surface area contributed by atoms with Crippen molar-refractivity contribution in [3.8, 4) is 0 Å². The van der Waals surface area contributed by atoms with E-state index in [1.807, 2.05) is 6.07 Å². The standard InChI is InChI=1S/C28H36F3N3O3S/c1-4-38(36,37)24-11-7-19(8-12-24)14-33-27(35)21-13-22-17-34(26(18(2)3)25(22)32-15-21)16-20-5-9-23(10-6-20)28(29,30)31/h5-6,9-10,13,15,18-19,24,26H,4,7-8,11-12,14,16-17H2,1-3H3,(H,33,35). The Morgan fingerprint density at radius 3 is 2.37 bits per heavy atom. The Hall–Kier alpha value is -2.46. The van der Waals surface area contributed by atoms with Crippen LogP contribution in [-0.4, -0.2) is 41.8 Å². The number of nitrogens with zero attached hydrogens (tertiary/aromatic N) is 2. The molecule has 1 aliphatic carbocycles. The maximum atomic E-state index is 12.9. The number of halogens is 3. The summed E-state index contributed by atoms with van der Waals surface area (Å²) in [6, 6.07) is 7.11. The van der Waals surface area contributed by atoms with Crippen molar-refractivity contribution < 1.29 is 26.4 Å². The molecule has 1 fully saturated rings. The van der Waals surface area contributed by atoms with Gasteiger partial charge in [-0.1, -0.05) is 32.9 Å². The van der Waals surface area contributed by atoms with Gasteiger partial charge in [-0.05, 0) is 66.8 Å². The number of nitrogens with one attached hydrogen (secondary N) is 1. The molecule has 38 heavy (non-hydrogen) atoms. The largest absolute Gasteiger partial charge is 0.416 e. The first kappa shape index (κ1) is 28.5. The first-order chi connectivity index (χ1) is 17.9. The molecule has 2 aromatic rings. The molecule has 208 valence electrons. The highest BCUT2D eigenvalue weighted by Crippen LogP contribution is 2.39. The van der Waals surface area contributed by atoms with Crippen LogP contribution in [0.1, 0.15) is 85.2 Å². The zero-order valence-electron chi connectivity index (χ0n) is 22.1. The lowest BCUT2D eigenvalue weighted by Gasteiger charge is -2.28. The number of pyridine rings is 1. The van der Waals surface area contributed by atoms with Gasteiger partial charge in [0.05, 0.1) is 28.1 Å². The summed E-state index contributed by atoms with van der Waals surface area (Å²) in [5.74, 6) is 0.453. The van der Waals surface area contributed by atoms with Crippen LogP contribution >= 0.6 is 0 Å². The lowest BCUT2D eigenvalue weighted by molar-refractivity contribution is -0.137. The molecule has 4 rings (SSSR count). The molecule has 1 unspecified atom stereocenters. The molecule has 1 amide bonds. The number of rotatable bonds is 8. The Balaban J connectivity index is 1.38. The molecule has 0 saturated heterocycles. The van der Waals surface area contributed by atoms with E-state index < -0.39 is 21.6 Å². The summed E-state index contributed by atoms with van der Waals surface area (Å²) in [6.45, 7) is 7.40. The van der Waals surface area contributed by atoms with Gasteiger partial charge in [0.1, 0.15) is 0 Å². The minimum absolute atomic E-state index is 0.000937. The van der Waals surface area contributed by atoms with Crippen molar-refractivity contribution in [2.45, 2.75) is 77.0 Å². The van der Waals surface area contributed by atoms with Gasteiger partial charge in [-0.2, -0.15) is 13.2 Å². The monoisotopic (exact) mass is 551 g/mol. The number of alkyl halides is 3. The quantitative estimate of drug-likeness (QED) is 0.466. The van der Waals surface area contributed by atoms with Crippen molar-refractivity contribution in [1.82, 2.24) is 15.2 Å². The summed E-state index contributed by atoms with van der Waals surface area (Å²) in [7, 11) is -3.01. The van der Waals surface area contributed by atoms with Crippen LogP contribution in [-0.2, 0) is 29.1 Å². The maximum Gasteiger partial charge on any atom is 0.416 e. The van der Waals surface area contributed by atoms with Crippen molar-refractivity contribution in [2.24, 2.45) is 11.8 Å². The molecule has 2 aliphatic rings. The number of carbonyl (C=O) groups is 1. The van der Waals surface area contributed by atoms with E-state index in [1.165, 1.54) is 12.1 Å². The summed E-state index contributed by atoms with van der Waals surface area (Å²) in [5, 5.41) is 2.73. The first-order valence-corrected chi connectivity index (χ1v) is 15.0. The molecule has 6 nitrogen and oxygen atoms in total. The summed E-state index contributed by atoms with van der Waals surface area (Å²) in [5.41, 5.74) is 2.45. The number of hydrogen-bond donors (Lipinski definition) is 1. The third kappa shape index (κ3) is 6.39. The fourth-order valence-corrected chi connectivity index (χ4v) is 7.19. The number of carbonyl (C=O) groups excluding carboxylic acids is 1. The van der Waals surface area contributed by atoms with Gasteiger partial charge in [0.2, 0.25) is 0 Å². The van der Waals surface area contributed by atoms with Crippen molar-refractivity contribution in [3.05, 3.63) is 64.5 Å². The van der Waals surface area contributed by atoms with Crippen molar-refractivity contribution >= 4 is 15.7 Å². The van der Waals surface area contributed by atoms with Gasteiger partial charge in [0.15, 0.2) is 9.84 Å². The Kier molecular flexibility index (Phi) is 8.52. The summed E-state index contributed by atoms with van der Waals surface area (Å²) in [4.78, 5) is 19.7. The number of aromatic nitrogens is 1. The molecular formula is C28H36F3N3O3S. The normalized spacial score (nSPS) is 22.4. The average Bonchev–Trinajstić information content (AvgIpc) is 3.24. The van der Waals surface area contributed by atoms with E-state index in [1.54, 1.807) is 13.1 Å². The van der Waals surface area contributed by atoms with Gasteiger partial charge in [0, 0.05) is 31.6 Å². The Morgan fingerprint density at radius 1 is 1.13 bits per heavy atom. The fraction of sp³-hybridized carbons (Fsp3) is 0.571. The van der Waals surface area contributed by atoms with E-state index in [0.717, 1.165) is 41.8 Å². The molecule has 2 heterocycles. The van der Waals surface area contributed by atoms with Gasteiger partial charge >= 0.3 is 6.18 Å². The van der Waals surface area contributed by atoms with Gasteiger partial charge in [-0.3, -0.25) is 14.7 Å². The molecular weight excluding hydrogens is 515 g/mol. The van der Waals surface area contributed by atoms with E-state index in [4.69, 9.17) is 0 Å². The highest BCUT2D eigenvalue weighted by Gasteiger charge is 2.35. The van der Waals surface area contributed by atoms with Crippen molar-refractivity contribution in [3.63, 3.8) is 0 Å². The SMILES string of the molecule is CCS(=O)(=O)C1CCC(CNC(=O)c2cnc3c(c2)CN(Cc2ccc(C(F)(F)F)cc2)C3C(C)C)CC1. The van der Waals surface area contributed by atoms with Crippen LogP contribution in [0.5, 0.6) is 0 Å². The van der Waals surface area contributed by atoms with E-state index in [9.17, 15) is 26.4 Å².